The number of nitro benzene ring substituents is 1. The first-order chi connectivity index (χ1) is 9.90. The molecule has 1 aromatic carbocycles. The Bertz CT molecular complexity index is 693. The quantitative estimate of drug-likeness (QED) is 0.508. The molecule has 1 heterocycles. The smallest absolute Gasteiger partial charge is 0.292 e. The number of para-hydroxylation sites is 1. The van der Waals surface area contributed by atoms with Crippen LogP contribution in [0.4, 0.5) is 17.1 Å². The topological polar surface area (TPSA) is 116 Å². The van der Waals surface area contributed by atoms with Crippen LogP contribution in [-0.2, 0) is 0 Å². The number of hydrogen-bond donors (Lipinski definition) is 2. The molecule has 8 heteroatoms. The number of anilines is 2. The summed E-state index contributed by atoms with van der Waals surface area (Å²) in [6, 6.07) is 4.27. The normalized spacial score (nSPS) is 10.6. The minimum absolute atomic E-state index is 0.0569. The third kappa shape index (κ3) is 2.99. The van der Waals surface area contributed by atoms with E-state index in [4.69, 9.17) is 5.73 Å². The molecule has 0 aliphatic heterocycles. The predicted octanol–water partition coefficient (Wildman–Crippen LogP) is 2.21. The van der Waals surface area contributed by atoms with E-state index in [1.54, 1.807) is 10.9 Å². The molecule has 0 aliphatic carbocycles. The van der Waals surface area contributed by atoms with Gasteiger partial charge in [-0.3, -0.25) is 19.6 Å². The van der Waals surface area contributed by atoms with Crippen LogP contribution in [-0.4, -0.2) is 20.6 Å². The second-order valence-electron chi connectivity index (χ2n) is 4.75. The molecular formula is C13H15N5O3. The van der Waals surface area contributed by atoms with Gasteiger partial charge >= 0.3 is 0 Å². The van der Waals surface area contributed by atoms with Crippen molar-refractivity contribution in [3.05, 3.63) is 46.3 Å². The fourth-order valence-corrected chi connectivity index (χ4v) is 1.79. The van der Waals surface area contributed by atoms with Crippen LogP contribution in [0.5, 0.6) is 0 Å². The Balaban J connectivity index is 2.24. The zero-order valence-electron chi connectivity index (χ0n) is 11.6. The van der Waals surface area contributed by atoms with E-state index in [1.807, 2.05) is 13.8 Å². The second kappa shape index (κ2) is 5.61. The molecule has 0 bridgehead atoms. The van der Waals surface area contributed by atoms with Gasteiger partial charge in [0.15, 0.2) is 0 Å². The lowest BCUT2D eigenvalue weighted by Gasteiger charge is -2.06. The maximum Gasteiger partial charge on any atom is 0.292 e. The van der Waals surface area contributed by atoms with Crippen molar-refractivity contribution in [2.75, 3.05) is 11.1 Å². The van der Waals surface area contributed by atoms with Crippen molar-refractivity contribution < 1.29 is 9.72 Å². The van der Waals surface area contributed by atoms with E-state index < -0.39 is 10.8 Å². The summed E-state index contributed by atoms with van der Waals surface area (Å²) in [6.07, 6.45) is 3.18. The van der Waals surface area contributed by atoms with E-state index in [9.17, 15) is 14.9 Å². The van der Waals surface area contributed by atoms with Crippen molar-refractivity contribution in [1.82, 2.24) is 9.78 Å². The van der Waals surface area contributed by atoms with Gasteiger partial charge in [0.05, 0.1) is 22.4 Å². The lowest BCUT2D eigenvalue weighted by atomic mass is 10.1. The van der Waals surface area contributed by atoms with Crippen molar-refractivity contribution in [2.24, 2.45) is 0 Å². The highest BCUT2D eigenvalue weighted by Crippen LogP contribution is 2.25. The van der Waals surface area contributed by atoms with Crippen LogP contribution in [0.25, 0.3) is 0 Å². The van der Waals surface area contributed by atoms with Crippen LogP contribution in [0.1, 0.15) is 30.2 Å². The number of amides is 1. The monoisotopic (exact) mass is 289 g/mol. The van der Waals surface area contributed by atoms with Crippen LogP contribution >= 0.6 is 0 Å². The van der Waals surface area contributed by atoms with Crippen molar-refractivity contribution >= 4 is 23.0 Å². The lowest BCUT2D eigenvalue weighted by Crippen LogP contribution is -2.14. The molecule has 3 N–H and O–H groups in total. The Morgan fingerprint density at radius 3 is 2.76 bits per heavy atom. The molecule has 0 unspecified atom stereocenters. The number of carbonyl (C=O) groups excluding carboxylic acids is 1. The summed E-state index contributed by atoms with van der Waals surface area (Å²) in [5.74, 6) is -0.514. The summed E-state index contributed by atoms with van der Waals surface area (Å²) < 4.78 is 1.69. The number of carbonyl (C=O) groups is 1. The van der Waals surface area contributed by atoms with Crippen LogP contribution in [0.2, 0.25) is 0 Å². The average Bonchev–Trinajstić information content (AvgIpc) is 2.87. The van der Waals surface area contributed by atoms with E-state index in [2.05, 4.69) is 10.4 Å². The van der Waals surface area contributed by atoms with Gasteiger partial charge in [-0.05, 0) is 19.9 Å². The highest BCUT2D eigenvalue weighted by molar-refractivity contribution is 6.08. The number of nitrogens with zero attached hydrogens (tertiary/aromatic N) is 3. The van der Waals surface area contributed by atoms with Gasteiger partial charge in [0.2, 0.25) is 0 Å². The van der Waals surface area contributed by atoms with Crippen molar-refractivity contribution in [2.45, 2.75) is 19.9 Å². The molecule has 0 saturated heterocycles. The fraction of sp³-hybridized carbons (Fsp3) is 0.231. The molecule has 8 nitrogen and oxygen atoms in total. The first kappa shape index (κ1) is 14.5. The molecule has 2 aromatic rings. The number of hydrogen-bond acceptors (Lipinski definition) is 5. The number of aromatic nitrogens is 2. The minimum atomic E-state index is -0.622. The van der Waals surface area contributed by atoms with Crippen LogP contribution in [0.15, 0.2) is 30.6 Å². The van der Waals surface area contributed by atoms with Gasteiger partial charge < -0.3 is 11.1 Å². The van der Waals surface area contributed by atoms with Crippen LogP contribution in [0.3, 0.4) is 0 Å². The maximum atomic E-state index is 12.1. The first-order valence-corrected chi connectivity index (χ1v) is 6.28. The van der Waals surface area contributed by atoms with Gasteiger partial charge in [0.1, 0.15) is 5.69 Å². The van der Waals surface area contributed by atoms with Gasteiger partial charge in [-0.2, -0.15) is 5.10 Å². The molecule has 0 saturated carbocycles. The van der Waals surface area contributed by atoms with Crippen molar-refractivity contribution in [1.29, 1.82) is 0 Å². The number of nitrogens with one attached hydrogen (secondary N) is 1. The highest BCUT2D eigenvalue weighted by Gasteiger charge is 2.19. The van der Waals surface area contributed by atoms with Gasteiger partial charge in [-0.25, -0.2) is 0 Å². The molecule has 110 valence electrons. The summed E-state index contributed by atoms with van der Waals surface area (Å²) >= 11 is 0. The Kier molecular flexibility index (Phi) is 3.88. The zero-order valence-corrected chi connectivity index (χ0v) is 11.6. The lowest BCUT2D eigenvalue weighted by molar-refractivity contribution is -0.383. The molecule has 0 fully saturated rings. The van der Waals surface area contributed by atoms with E-state index in [0.29, 0.717) is 5.69 Å². The standard InChI is InChI=1S/C13H15N5O3/c1-8(2)17-7-9(6-15-17)16-13(19)10-4-3-5-11(12(10)14)18(20)21/h3-8H,14H2,1-2H3,(H,16,19). The summed E-state index contributed by atoms with van der Waals surface area (Å²) in [5.41, 5.74) is 5.78. The van der Waals surface area contributed by atoms with Crippen molar-refractivity contribution in [3.8, 4) is 0 Å². The molecular weight excluding hydrogens is 274 g/mol. The molecule has 0 atom stereocenters. The Morgan fingerprint density at radius 2 is 2.19 bits per heavy atom. The van der Waals surface area contributed by atoms with E-state index in [0.717, 1.165) is 0 Å². The third-order valence-corrected chi connectivity index (χ3v) is 2.91. The van der Waals surface area contributed by atoms with Gasteiger partial charge in [-0.1, -0.05) is 6.07 Å². The highest BCUT2D eigenvalue weighted by atomic mass is 16.6. The van der Waals surface area contributed by atoms with E-state index in [1.165, 1.54) is 24.4 Å². The summed E-state index contributed by atoms with van der Waals surface area (Å²) in [4.78, 5) is 22.3. The SMILES string of the molecule is CC(C)n1cc(NC(=O)c2cccc([N+](=O)[O-])c2N)cn1. The molecule has 2 rings (SSSR count). The Labute approximate surface area is 120 Å². The largest absolute Gasteiger partial charge is 0.393 e. The van der Waals surface area contributed by atoms with Crippen molar-refractivity contribution in [3.63, 3.8) is 0 Å². The fourth-order valence-electron chi connectivity index (χ4n) is 1.79. The first-order valence-electron chi connectivity index (χ1n) is 6.28. The predicted molar refractivity (Wildman–Crippen MR) is 78.1 cm³/mol. The molecule has 0 spiro atoms. The summed E-state index contributed by atoms with van der Waals surface area (Å²) in [7, 11) is 0. The molecule has 1 aromatic heterocycles. The molecule has 21 heavy (non-hydrogen) atoms. The Hall–Kier alpha value is -2.90. The van der Waals surface area contributed by atoms with E-state index >= 15 is 0 Å². The number of nitro groups is 1. The third-order valence-electron chi connectivity index (χ3n) is 2.91. The van der Waals surface area contributed by atoms with Gasteiger partial charge in [0, 0.05) is 18.3 Å². The van der Waals surface area contributed by atoms with Gasteiger partial charge in [0.25, 0.3) is 11.6 Å². The number of benzene rings is 1. The minimum Gasteiger partial charge on any atom is -0.393 e. The van der Waals surface area contributed by atoms with Crippen LogP contribution in [0, 0.1) is 10.1 Å². The van der Waals surface area contributed by atoms with Crippen LogP contribution < -0.4 is 11.1 Å². The average molecular weight is 289 g/mol. The number of nitrogens with two attached hydrogens (primary N) is 1. The van der Waals surface area contributed by atoms with Gasteiger partial charge in [-0.15, -0.1) is 0 Å². The number of nitrogen functional groups attached to an aromatic ring is 1. The molecule has 1 amide bonds. The Morgan fingerprint density at radius 1 is 1.48 bits per heavy atom. The van der Waals surface area contributed by atoms with E-state index in [-0.39, 0.29) is 23.0 Å². The maximum absolute atomic E-state index is 12.1. The molecule has 0 radical (unpaired) electrons. The zero-order chi connectivity index (χ0) is 15.6. The summed E-state index contributed by atoms with van der Waals surface area (Å²) in [5, 5.41) is 17.5. The number of rotatable bonds is 4. The second-order valence-corrected chi connectivity index (χ2v) is 4.75. The summed E-state index contributed by atoms with van der Waals surface area (Å²) in [6.45, 7) is 3.91. The molecule has 0 aliphatic rings.